The van der Waals surface area contributed by atoms with Gasteiger partial charge in [0, 0.05) is 16.5 Å². The third-order valence-electron chi connectivity index (χ3n) is 3.19. The summed E-state index contributed by atoms with van der Waals surface area (Å²) in [5, 5.41) is 0.957. The molecule has 2 aromatic carbocycles. The third-order valence-corrected chi connectivity index (χ3v) is 3.75. The topological polar surface area (TPSA) is 26.3 Å². The van der Waals surface area contributed by atoms with Gasteiger partial charge in [-0.3, -0.25) is 0 Å². The lowest BCUT2D eigenvalue weighted by molar-refractivity contribution is 0.0253. The van der Waals surface area contributed by atoms with Crippen LogP contribution in [0.1, 0.15) is 27.6 Å². The summed E-state index contributed by atoms with van der Waals surface area (Å²) in [6.45, 7) is 0. The van der Waals surface area contributed by atoms with Gasteiger partial charge >= 0.3 is 5.97 Å². The maximum absolute atomic E-state index is 12.0. The molecular formula is C15H10Cl2O2. The van der Waals surface area contributed by atoms with Crippen LogP contribution < -0.4 is 0 Å². The summed E-state index contributed by atoms with van der Waals surface area (Å²) >= 11 is 12.1. The van der Waals surface area contributed by atoms with Gasteiger partial charge in [0.15, 0.2) is 0 Å². The van der Waals surface area contributed by atoms with Crippen molar-refractivity contribution in [2.24, 2.45) is 0 Å². The highest BCUT2D eigenvalue weighted by atomic mass is 35.5. The molecular weight excluding hydrogens is 283 g/mol. The number of ether oxygens (including phenoxy) is 1. The van der Waals surface area contributed by atoms with Crippen LogP contribution in [0.3, 0.4) is 0 Å². The molecule has 1 aliphatic rings. The number of carbonyl (C=O) groups is 1. The van der Waals surface area contributed by atoms with E-state index in [1.54, 1.807) is 12.1 Å². The molecule has 0 amide bonds. The molecule has 1 heterocycles. The van der Waals surface area contributed by atoms with Crippen LogP contribution in [0.4, 0.5) is 0 Å². The largest absolute Gasteiger partial charge is 0.454 e. The van der Waals surface area contributed by atoms with Gasteiger partial charge in [0.1, 0.15) is 6.10 Å². The Morgan fingerprint density at radius 2 is 1.84 bits per heavy atom. The minimum absolute atomic E-state index is 0.292. The van der Waals surface area contributed by atoms with Crippen molar-refractivity contribution in [3.05, 3.63) is 69.2 Å². The first-order valence-electron chi connectivity index (χ1n) is 5.89. The number of hydrogen-bond donors (Lipinski definition) is 0. The molecule has 0 fully saturated rings. The van der Waals surface area contributed by atoms with Crippen LogP contribution in [0.25, 0.3) is 0 Å². The summed E-state index contributed by atoms with van der Waals surface area (Å²) in [4.78, 5) is 12.0. The standard InChI is InChI=1S/C15H10Cl2O2/c16-10-6-12-11(13(17)7-10)8-14(19-15(12)18)9-4-2-1-3-5-9/h1-7,14H,8H2. The predicted molar refractivity (Wildman–Crippen MR) is 74.8 cm³/mol. The van der Waals surface area contributed by atoms with Crippen LogP contribution in [0.5, 0.6) is 0 Å². The van der Waals surface area contributed by atoms with Crippen LogP contribution in [0, 0.1) is 0 Å². The van der Waals surface area contributed by atoms with Crippen molar-refractivity contribution >= 4 is 29.2 Å². The molecule has 0 N–H and O–H groups in total. The Morgan fingerprint density at radius 1 is 1.11 bits per heavy atom. The zero-order valence-electron chi connectivity index (χ0n) is 9.90. The Balaban J connectivity index is 2.03. The first-order chi connectivity index (χ1) is 9.15. The number of hydrogen-bond acceptors (Lipinski definition) is 2. The van der Waals surface area contributed by atoms with Crippen LogP contribution in [-0.2, 0) is 11.2 Å². The van der Waals surface area contributed by atoms with Crippen LogP contribution in [-0.4, -0.2) is 5.97 Å². The van der Waals surface area contributed by atoms with Crippen molar-refractivity contribution in [3.63, 3.8) is 0 Å². The number of esters is 1. The Labute approximate surface area is 120 Å². The monoisotopic (exact) mass is 292 g/mol. The van der Waals surface area contributed by atoms with Gasteiger partial charge in [-0.25, -0.2) is 4.79 Å². The predicted octanol–water partition coefficient (Wildman–Crippen LogP) is 4.45. The van der Waals surface area contributed by atoms with E-state index in [1.807, 2.05) is 30.3 Å². The molecule has 0 radical (unpaired) electrons. The second-order valence-electron chi connectivity index (χ2n) is 4.42. The number of cyclic esters (lactones) is 1. The summed E-state index contributed by atoms with van der Waals surface area (Å²) in [5.41, 5.74) is 2.23. The quantitative estimate of drug-likeness (QED) is 0.726. The molecule has 1 aliphatic heterocycles. The maximum Gasteiger partial charge on any atom is 0.339 e. The molecule has 19 heavy (non-hydrogen) atoms. The fraction of sp³-hybridized carbons (Fsp3) is 0.133. The zero-order chi connectivity index (χ0) is 13.4. The lowest BCUT2D eigenvalue weighted by Crippen LogP contribution is -2.22. The van der Waals surface area contributed by atoms with Gasteiger partial charge < -0.3 is 4.74 Å². The van der Waals surface area contributed by atoms with Gasteiger partial charge in [-0.1, -0.05) is 53.5 Å². The van der Waals surface area contributed by atoms with Crippen LogP contribution >= 0.6 is 23.2 Å². The van der Waals surface area contributed by atoms with Gasteiger partial charge in [0.2, 0.25) is 0 Å². The first kappa shape index (κ1) is 12.5. The van der Waals surface area contributed by atoms with E-state index in [4.69, 9.17) is 27.9 Å². The summed E-state index contributed by atoms with van der Waals surface area (Å²) < 4.78 is 5.45. The molecule has 4 heteroatoms. The SMILES string of the molecule is O=C1OC(c2ccccc2)Cc2c(Cl)cc(Cl)cc21. The Bertz CT molecular complexity index is 638. The van der Waals surface area contributed by atoms with Gasteiger partial charge in [-0.05, 0) is 23.3 Å². The Kier molecular flexibility index (Phi) is 3.21. The smallest absolute Gasteiger partial charge is 0.339 e. The fourth-order valence-electron chi connectivity index (χ4n) is 2.27. The summed E-state index contributed by atoms with van der Waals surface area (Å²) in [6, 6.07) is 12.9. The van der Waals surface area contributed by atoms with Gasteiger partial charge in [-0.15, -0.1) is 0 Å². The zero-order valence-corrected chi connectivity index (χ0v) is 11.4. The minimum Gasteiger partial charge on any atom is -0.454 e. The summed E-state index contributed by atoms with van der Waals surface area (Å²) in [5.74, 6) is -0.375. The number of carbonyl (C=O) groups excluding carboxylic acids is 1. The molecule has 2 nitrogen and oxygen atoms in total. The second-order valence-corrected chi connectivity index (χ2v) is 5.27. The van der Waals surface area contributed by atoms with E-state index in [-0.39, 0.29) is 12.1 Å². The maximum atomic E-state index is 12.0. The molecule has 0 saturated heterocycles. The number of halogens is 2. The molecule has 2 aromatic rings. The number of fused-ring (bicyclic) bond motifs is 1. The molecule has 0 aromatic heterocycles. The molecule has 1 atom stereocenters. The molecule has 0 aliphatic carbocycles. The molecule has 0 spiro atoms. The second kappa shape index (κ2) is 4.87. The van der Waals surface area contributed by atoms with Crippen LogP contribution in [0.2, 0.25) is 10.0 Å². The lowest BCUT2D eigenvalue weighted by atomic mass is 9.94. The van der Waals surface area contributed by atoms with E-state index < -0.39 is 0 Å². The van der Waals surface area contributed by atoms with E-state index in [2.05, 4.69) is 0 Å². The molecule has 0 bridgehead atoms. The van der Waals surface area contributed by atoms with Gasteiger partial charge in [-0.2, -0.15) is 0 Å². The number of rotatable bonds is 1. The van der Waals surface area contributed by atoms with Crippen molar-refractivity contribution in [1.82, 2.24) is 0 Å². The van der Waals surface area contributed by atoms with Crippen molar-refractivity contribution in [2.75, 3.05) is 0 Å². The van der Waals surface area contributed by atoms with Crippen molar-refractivity contribution < 1.29 is 9.53 Å². The fourth-order valence-corrected chi connectivity index (χ4v) is 2.84. The number of benzene rings is 2. The first-order valence-corrected chi connectivity index (χ1v) is 6.64. The van der Waals surface area contributed by atoms with E-state index in [0.717, 1.165) is 11.1 Å². The molecule has 96 valence electrons. The minimum atomic E-state index is -0.375. The Morgan fingerprint density at radius 3 is 2.58 bits per heavy atom. The van der Waals surface area contributed by atoms with Crippen molar-refractivity contribution in [3.8, 4) is 0 Å². The average molecular weight is 293 g/mol. The van der Waals surface area contributed by atoms with Gasteiger partial charge in [0.25, 0.3) is 0 Å². The highest BCUT2D eigenvalue weighted by Gasteiger charge is 2.29. The highest BCUT2D eigenvalue weighted by Crippen LogP contribution is 2.35. The van der Waals surface area contributed by atoms with E-state index >= 15 is 0 Å². The molecule has 3 rings (SSSR count). The lowest BCUT2D eigenvalue weighted by Gasteiger charge is -2.25. The molecule has 1 unspecified atom stereocenters. The van der Waals surface area contributed by atoms with Crippen molar-refractivity contribution in [2.45, 2.75) is 12.5 Å². The average Bonchev–Trinajstić information content (AvgIpc) is 2.41. The van der Waals surface area contributed by atoms with Crippen LogP contribution in [0.15, 0.2) is 42.5 Å². The Hall–Kier alpha value is -1.51. The summed E-state index contributed by atoms with van der Waals surface area (Å²) in [7, 11) is 0. The molecule has 0 saturated carbocycles. The van der Waals surface area contributed by atoms with E-state index in [9.17, 15) is 4.79 Å². The van der Waals surface area contributed by atoms with E-state index in [1.165, 1.54) is 0 Å². The van der Waals surface area contributed by atoms with E-state index in [0.29, 0.717) is 22.0 Å². The van der Waals surface area contributed by atoms with Crippen molar-refractivity contribution in [1.29, 1.82) is 0 Å². The summed E-state index contributed by atoms with van der Waals surface area (Å²) in [6.07, 6.45) is 0.279. The van der Waals surface area contributed by atoms with Gasteiger partial charge in [0.05, 0.1) is 5.56 Å². The normalized spacial score (nSPS) is 17.8. The third kappa shape index (κ3) is 2.34. The highest BCUT2D eigenvalue weighted by molar-refractivity contribution is 6.35.